The van der Waals surface area contributed by atoms with Crippen LogP contribution in [0.4, 0.5) is 0 Å². The molecule has 2 atom stereocenters. The van der Waals surface area contributed by atoms with Crippen molar-refractivity contribution in [2.24, 2.45) is 0 Å². The van der Waals surface area contributed by atoms with Crippen LogP contribution in [0.1, 0.15) is 24.2 Å². The average Bonchev–Trinajstić information content (AvgIpc) is 2.49. The summed E-state index contributed by atoms with van der Waals surface area (Å²) in [4.78, 5) is 0. The van der Waals surface area contributed by atoms with Gasteiger partial charge in [-0.1, -0.05) is 24.3 Å². The Balaban J connectivity index is 0.00000242. The van der Waals surface area contributed by atoms with E-state index >= 15 is 0 Å². The number of rotatable bonds is 6. The minimum absolute atomic E-state index is 0. The largest absolute Gasteiger partial charge is 1.00 e. The number of aliphatic hydroxyl groups excluding tert-OH is 1. The summed E-state index contributed by atoms with van der Waals surface area (Å²) < 4.78 is 0. The third kappa shape index (κ3) is 5.22. The van der Waals surface area contributed by atoms with Crippen molar-refractivity contribution in [2.75, 3.05) is 6.54 Å². The van der Waals surface area contributed by atoms with Crippen LogP contribution in [0, 0.1) is 0 Å². The molecular formula is C17H21ClNO3-. The molecule has 0 saturated heterocycles. The lowest BCUT2D eigenvalue weighted by atomic mass is 10.0. The van der Waals surface area contributed by atoms with E-state index in [-0.39, 0.29) is 29.9 Å². The molecule has 0 radical (unpaired) electrons. The number of nitrogens with one attached hydrogen (secondary N) is 1. The van der Waals surface area contributed by atoms with Gasteiger partial charge in [-0.3, -0.25) is 0 Å². The summed E-state index contributed by atoms with van der Waals surface area (Å²) in [6.07, 6.45) is 0.206. The van der Waals surface area contributed by atoms with Crippen molar-refractivity contribution >= 4 is 0 Å². The maximum Gasteiger partial charge on any atom is 0.115 e. The van der Waals surface area contributed by atoms with Gasteiger partial charge < -0.3 is 33.0 Å². The Morgan fingerprint density at radius 1 is 0.909 bits per heavy atom. The summed E-state index contributed by atoms with van der Waals surface area (Å²) in [5.74, 6) is 0.460. The highest BCUT2D eigenvalue weighted by Gasteiger charge is 2.15. The summed E-state index contributed by atoms with van der Waals surface area (Å²) >= 11 is 0. The van der Waals surface area contributed by atoms with Crippen LogP contribution in [-0.2, 0) is 6.42 Å². The van der Waals surface area contributed by atoms with E-state index in [1.54, 1.807) is 36.4 Å². The normalized spacial score (nSPS) is 13.2. The van der Waals surface area contributed by atoms with Crippen LogP contribution in [0.15, 0.2) is 48.5 Å². The van der Waals surface area contributed by atoms with Gasteiger partial charge in [0.2, 0.25) is 0 Å². The molecule has 0 aliphatic heterocycles. The first-order chi connectivity index (χ1) is 10.1. The molecule has 5 heteroatoms. The maximum atomic E-state index is 10.2. The fourth-order valence-electron chi connectivity index (χ4n) is 2.18. The first-order valence-corrected chi connectivity index (χ1v) is 7.04. The zero-order valence-corrected chi connectivity index (χ0v) is 13.2. The van der Waals surface area contributed by atoms with E-state index in [1.165, 1.54) is 0 Å². The second-order valence-corrected chi connectivity index (χ2v) is 5.20. The molecule has 0 aromatic heterocycles. The van der Waals surface area contributed by atoms with Crippen molar-refractivity contribution in [1.29, 1.82) is 0 Å². The lowest BCUT2D eigenvalue weighted by Gasteiger charge is -2.20. The number of aromatic hydroxyl groups is 2. The Morgan fingerprint density at radius 3 is 1.95 bits per heavy atom. The third-order valence-corrected chi connectivity index (χ3v) is 3.52. The van der Waals surface area contributed by atoms with Crippen LogP contribution >= 0.6 is 0 Å². The zero-order valence-electron chi connectivity index (χ0n) is 12.4. The standard InChI is InChI=1S/C17H21NO3.ClH/c1-12(17(21)14-4-8-16(20)9-5-14)18-11-10-13-2-6-15(19)7-3-13;/h2-9,12,17-21H,10-11H2,1H3;1H/p-1/t12-,17-;/m0./s1. The second-order valence-electron chi connectivity index (χ2n) is 5.20. The van der Waals surface area contributed by atoms with E-state index in [2.05, 4.69) is 5.32 Å². The molecule has 0 bridgehead atoms. The number of aliphatic hydroxyl groups is 1. The van der Waals surface area contributed by atoms with Crippen molar-refractivity contribution in [1.82, 2.24) is 5.32 Å². The predicted octanol–water partition coefficient (Wildman–Crippen LogP) is -0.644. The molecule has 22 heavy (non-hydrogen) atoms. The van der Waals surface area contributed by atoms with Crippen LogP contribution < -0.4 is 17.7 Å². The van der Waals surface area contributed by atoms with Gasteiger partial charge in [0.05, 0.1) is 6.10 Å². The van der Waals surface area contributed by atoms with Crippen LogP contribution in [0.2, 0.25) is 0 Å². The fraction of sp³-hybridized carbons (Fsp3) is 0.294. The molecule has 120 valence electrons. The molecule has 0 fully saturated rings. The maximum absolute atomic E-state index is 10.2. The molecule has 0 aliphatic rings. The first-order valence-electron chi connectivity index (χ1n) is 7.04. The summed E-state index contributed by atoms with van der Waals surface area (Å²) in [5, 5.41) is 32.0. The van der Waals surface area contributed by atoms with Crippen molar-refractivity contribution in [3.8, 4) is 11.5 Å². The van der Waals surface area contributed by atoms with Crippen LogP contribution in [0.5, 0.6) is 11.5 Å². The number of phenolic OH excluding ortho intramolecular Hbond substituents is 2. The van der Waals surface area contributed by atoms with Gasteiger partial charge in [0.1, 0.15) is 11.5 Å². The SMILES string of the molecule is C[C@H](NCCc1ccc(O)cc1)[C@H](O)c1ccc(O)cc1.[Cl-]. The lowest BCUT2D eigenvalue weighted by Crippen LogP contribution is -3.00. The molecule has 0 spiro atoms. The Kier molecular flexibility index (Phi) is 7.18. The fourth-order valence-corrected chi connectivity index (χ4v) is 2.18. The highest BCUT2D eigenvalue weighted by molar-refractivity contribution is 5.28. The number of hydrogen-bond donors (Lipinski definition) is 4. The molecule has 0 amide bonds. The average molecular weight is 323 g/mol. The van der Waals surface area contributed by atoms with Crippen molar-refractivity contribution in [3.05, 3.63) is 59.7 Å². The van der Waals surface area contributed by atoms with Gasteiger partial charge in [-0.25, -0.2) is 0 Å². The highest BCUT2D eigenvalue weighted by atomic mass is 35.5. The molecular weight excluding hydrogens is 302 g/mol. The van der Waals surface area contributed by atoms with Gasteiger partial charge in [0.15, 0.2) is 0 Å². The molecule has 2 rings (SSSR count). The summed E-state index contributed by atoms with van der Waals surface area (Å²) in [6.45, 7) is 2.66. The summed E-state index contributed by atoms with van der Waals surface area (Å²) in [5.41, 5.74) is 1.91. The zero-order chi connectivity index (χ0) is 15.2. The number of halogens is 1. The van der Waals surface area contributed by atoms with E-state index in [9.17, 15) is 15.3 Å². The Hall–Kier alpha value is -1.75. The number of hydrogen-bond acceptors (Lipinski definition) is 4. The Labute approximate surface area is 136 Å². The van der Waals surface area contributed by atoms with Crippen LogP contribution in [0.25, 0.3) is 0 Å². The summed E-state index contributed by atoms with van der Waals surface area (Å²) in [7, 11) is 0. The van der Waals surface area contributed by atoms with Gasteiger partial charge in [0.25, 0.3) is 0 Å². The molecule has 2 aromatic rings. The van der Waals surface area contributed by atoms with Crippen LogP contribution in [-0.4, -0.2) is 27.9 Å². The van der Waals surface area contributed by atoms with E-state index < -0.39 is 6.10 Å². The quantitative estimate of drug-likeness (QED) is 0.571. The number of benzene rings is 2. The third-order valence-electron chi connectivity index (χ3n) is 3.52. The van der Waals surface area contributed by atoms with Crippen LogP contribution in [0.3, 0.4) is 0 Å². The first kappa shape index (κ1) is 18.3. The van der Waals surface area contributed by atoms with Crippen molar-refractivity contribution in [2.45, 2.75) is 25.5 Å². The van der Waals surface area contributed by atoms with E-state index in [0.717, 1.165) is 24.1 Å². The number of phenols is 2. The minimum atomic E-state index is -0.620. The topological polar surface area (TPSA) is 72.7 Å². The lowest BCUT2D eigenvalue weighted by molar-refractivity contribution is -0.00000787. The molecule has 0 saturated carbocycles. The highest BCUT2D eigenvalue weighted by Crippen LogP contribution is 2.19. The van der Waals surface area contributed by atoms with E-state index in [0.29, 0.717) is 0 Å². The van der Waals surface area contributed by atoms with Gasteiger partial charge in [0, 0.05) is 6.04 Å². The summed E-state index contributed by atoms with van der Waals surface area (Å²) in [6, 6.07) is 13.6. The monoisotopic (exact) mass is 322 g/mol. The minimum Gasteiger partial charge on any atom is -1.00 e. The van der Waals surface area contributed by atoms with E-state index in [4.69, 9.17) is 0 Å². The van der Waals surface area contributed by atoms with Gasteiger partial charge >= 0.3 is 0 Å². The van der Waals surface area contributed by atoms with Crippen molar-refractivity contribution in [3.63, 3.8) is 0 Å². The molecule has 2 aromatic carbocycles. The molecule has 0 unspecified atom stereocenters. The molecule has 0 aliphatic carbocycles. The van der Waals surface area contributed by atoms with Crippen molar-refractivity contribution < 1.29 is 27.7 Å². The Bertz CT molecular complexity index is 557. The molecule has 0 heterocycles. The smallest absolute Gasteiger partial charge is 0.115 e. The van der Waals surface area contributed by atoms with Gasteiger partial charge in [-0.05, 0) is 55.3 Å². The second kappa shape index (κ2) is 8.63. The van der Waals surface area contributed by atoms with Gasteiger partial charge in [-0.15, -0.1) is 0 Å². The molecule has 4 nitrogen and oxygen atoms in total. The van der Waals surface area contributed by atoms with E-state index in [1.807, 2.05) is 19.1 Å². The molecule has 4 N–H and O–H groups in total. The predicted molar refractivity (Wildman–Crippen MR) is 82.3 cm³/mol. The Morgan fingerprint density at radius 2 is 1.41 bits per heavy atom. The van der Waals surface area contributed by atoms with Gasteiger partial charge in [-0.2, -0.15) is 0 Å².